The fourth-order valence-electron chi connectivity index (χ4n) is 1.31. The van der Waals surface area contributed by atoms with Crippen molar-refractivity contribution in [1.29, 1.82) is 0 Å². The first kappa shape index (κ1) is 11.0. The van der Waals surface area contributed by atoms with Gasteiger partial charge in [-0.1, -0.05) is 48.6 Å². The van der Waals surface area contributed by atoms with Crippen LogP contribution in [-0.4, -0.2) is 0 Å². The maximum atomic E-state index is 2.28. The van der Waals surface area contributed by atoms with Crippen LogP contribution in [0.4, 0.5) is 0 Å². The highest BCUT2D eigenvalue weighted by atomic mass is 13.9. The molecule has 0 saturated carbocycles. The molecule has 75 valence electrons. The zero-order chi connectivity index (χ0) is 9.90. The van der Waals surface area contributed by atoms with E-state index in [4.69, 9.17) is 0 Å². The first-order valence-electron chi connectivity index (χ1n) is 5.45. The molecule has 0 nitrogen and oxygen atoms in total. The second-order valence-corrected chi connectivity index (χ2v) is 3.38. The average Bonchev–Trinajstić information content (AvgIpc) is 2.22. The zero-order valence-electron chi connectivity index (χ0n) is 8.73. The van der Waals surface area contributed by atoms with Gasteiger partial charge in [-0.2, -0.15) is 0 Å². The van der Waals surface area contributed by atoms with E-state index in [0.29, 0.717) is 0 Å². The van der Waals surface area contributed by atoms with Crippen LogP contribution in [0, 0.1) is 6.42 Å². The second-order valence-electron chi connectivity index (χ2n) is 3.38. The van der Waals surface area contributed by atoms with Crippen LogP contribution in [0.15, 0.2) is 48.6 Å². The molecule has 0 atom stereocenters. The van der Waals surface area contributed by atoms with Crippen LogP contribution in [0.2, 0.25) is 0 Å². The summed E-state index contributed by atoms with van der Waals surface area (Å²) >= 11 is 0. The SMILES string of the molecule is [CH]1C=CC=CCCC=CCCC=CC1. The van der Waals surface area contributed by atoms with E-state index >= 15 is 0 Å². The second kappa shape index (κ2) is 8.55. The van der Waals surface area contributed by atoms with E-state index < -0.39 is 0 Å². The summed E-state index contributed by atoms with van der Waals surface area (Å²) < 4.78 is 0. The van der Waals surface area contributed by atoms with E-state index in [9.17, 15) is 0 Å². The maximum absolute atomic E-state index is 2.28. The summed E-state index contributed by atoms with van der Waals surface area (Å²) in [7, 11) is 0. The molecule has 1 rings (SSSR count). The Bertz CT molecular complexity index is 202. The minimum Gasteiger partial charge on any atom is -0.0882 e. The van der Waals surface area contributed by atoms with Gasteiger partial charge >= 0.3 is 0 Å². The predicted octanol–water partition coefficient (Wildman–Crippen LogP) is 4.38. The lowest BCUT2D eigenvalue weighted by atomic mass is 10.2. The molecule has 0 aromatic rings. The third-order valence-electron chi connectivity index (χ3n) is 2.10. The molecule has 0 fully saturated rings. The van der Waals surface area contributed by atoms with Crippen molar-refractivity contribution in [2.75, 3.05) is 0 Å². The van der Waals surface area contributed by atoms with E-state index in [0.717, 1.165) is 19.3 Å². The van der Waals surface area contributed by atoms with Crippen LogP contribution >= 0.6 is 0 Å². The average molecular weight is 187 g/mol. The third kappa shape index (κ3) is 6.47. The Kier molecular flexibility index (Phi) is 6.74. The monoisotopic (exact) mass is 187 g/mol. The van der Waals surface area contributed by atoms with Gasteiger partial charge in [0.15, 0.2) is 0 Å². The summed E-state index contributed by atoms with van der Waals surface area (Å²) in [4.78, 5) is 0. The number of hydrogen-bond donors (Lipinski definition) is 0. The lowest BCUT2D eigenvalue weighted by Crippen LogP contribution is -1.71. The van der Waals surface area contributed by atoms with Crippen LogP contribution in [-0.2, 0) is 0 Å². The molecule has 0 aromatic carbocycles. The fraction of sp³-hybridized carbons (Fsp3) is 0.357. The molecule has 0 N–H and O–H groups in total. The highest BCUT2D eigenvalue weighted by molar-refractivity contribution is 5.09. The van der Waals surface area contributed by atoms with E-state index in [2.05, 4.69) is 55.0 Å². The van der Waals surface area contributed by atoms with Crippen molar-refractivity contribution in [1.82, 2.24) is 0 Å². The van der Waals surface area contributed by atoms with Gasteiger partial charge in [-0.15, -0.1) is 0 Å². The van der Waals surface area contributed by atoms with Gasteiger partial charge in [-0.3, -0.25) is 0 Å². The quantitative estimate of drug-likeness (QED) is 0.494. The van der Waals surface area contributed by atoms with E-state index in [1.54, 1.807) is 0 Å². The van der Waals surface area contributed by atoms with Crippen molar-refractivity contribution in [3.63, 3.8) is 0 Å². The van der Waals surface area contributed by atoms with Gasteiger partial charge in [0.2, 0.25) is 0 Å². The summed E-state index contributed by atoms with van der Waals surface area (Å²) in [6.45, 7) is 0. The van der Waals surface area contributed by atoms with Crippen LogP contribution in [0.25, 0.3) is 0 Å². The first-order valence-corrected chi connectivity index (χ1v) is 5.45. The Labute approximate surface area is 87.7 Å². The molecule has 1 aliphatic rings. The summed E-state index contributed by atoms with van der Waals surface area (Å²) in [5.41, 5.74) is 0. The lowest BCUT2D eigenvalue weighted by molar-refractivity contribution is 0.999. The molecule has 0 aliphatic heterocycles. The van der Waals surface area contributed by atoms with Crippen molar-refractivity contribution < 1.29 is 0 Å². The van der Waals surface area contributed by atoms with Gasteiger partial charge in [0.25, 0.3) is 0 Å². The van der Waals surface area contributed by atoms with E-state index in [1.807, 2.05) is 0 Å². The van der Waals surface area contributed by atoms with Crippen molar-refractivity contribution in [2.45, 2.75) is 32.1 Å². The lowest BCUT2D eigenvalue weighted by Gasteiger charge is -1.90. The van der Waals surface area contributed by atoms with Crippen LogP contribution in [0.5, 0.6) is 0 Å². The largest absolute Gasteiger partial charge is 0.0882 e. The highest BCUT2D eigenvalue weighted by Gasteiger charge is 1.81. The Morgan fingerprint density at radius 1 is 0.500 bits per heavy atom. The molecule has 0 heterocycles. The number of rotatable bonds is 0. The van der Waals surface area contributed by atoms with Gasteiger partial charge in [-0.25, -0.2) is 0 Å². The molecule has 1 radical (unpaired) electrons. The minimum atomic E-state index is 1.05. The number of hydrogen-bond acceptors (Lipinski definition) is 0. The Morgan fingerprint density at radius 3 is 1.93 bits per heavy atom. The third-order valence-corrected chi connectivity index (χ3v) is 2.10. The van der Waals surface area contributed by atoms with Crippen molar-refractivity contribution >= 4 is 0 Å². The van der Waals surface area contributed by atoms with Crippen molar-refractivity contribution in [2.24, 2.45) is 0 Å². The smallest absolute Gasteiger partial charge is 0.0130 e. The molecule has 0 aromatic heterocycles. The van der Waals surface area contributed by atoms with Crippen molar-refractivity contribution in [3.8, 4) is 0 Å². The summed E-state index contributed by atoms with van der Waals surface area (Å²) in [5, 5.41) is 0. The molecular formula is C14H19. The summed E-state index contributed by atoms with van der Waals surface area (Å²) in [5.74, 6) is 0. The molecule has 0 spiro atoms. The van der Waals surface area contributed by atoms with Crippen LogP contribution < -0.4 is 0 Å². The molecule has 14 heavy (non-hydrogen) atoms. The summed E-state index contributed by atoms with van der Waals surface area (Å²) in [6.07, 6.45) is 25.5. The first-order chi connectivity index (χ1) is 7.00. The Hall–Kier alpha value is -1.04. The van der Waals surface area contributed by atoms with Gasteiger partial charge in [0.05, 0.1) is 0 Å². The molecule has 0 heteroatoms. The maximum Gasteiger partial charge on any atom is -0.0130 e. The molecule has 0 unspecified atom stereocenters. The molecule has 0 amide bonds. The van der Waals surface area contributed by atoms with E-state index in [-0.39, 0.29) is 0 Å². The van der Waals surface area contributed by atoms with Gasteiger partial charge < -0.3 is 0 Å². The number of allylic oxidation sites excluding steroid dienone is 8. The standard InChI is InChI=1S/C14H19/c1-2-4-6-8-10-12-14-13-11-9-7-5-3-1/h1-5,8,10-11,13H,6-7,9,12,14H2. The highest BCUT2D eigenvalue weighted by Crippen LogP contribution is 2.01. The Morgan fingerprint density at radius 2 is 1.14 bits per heavy atom. The minimum absolute atomic E-state index is 1.05. The predicted molar refractivity (Wildman–Crippen MR) is 63.9 cm³/mol. The Balaban J connectivity index is 2.34. The molecule has 0 saturated heterocycles. The van der Waals surface area contributed by atoms with Gasteiger partial charge in [-0.05, 0) is 38.5 Å². The molecule has 1 aliphatic carbocycles. The van der Waals surface area contributed by atoms with Gasteiger partial charge in [0.1, 0.15) is 0 Å². The van der Waals surface area contributed by atoms with Gasteiger partial charge in [0, 0.05) is 0 Å². The normalized spacial score (nSPS) is 19.4. The van der Waals surface area contributed by atoms with Crippen LogP contribution in [0.3, 0.4) is 0 Å². The summed E-state index contributed by atoms with van der Waals surface area (Å²) in [6, 6.07) is 0. The fourth-order valence-corrected chi connectivity index (χ4v) is 1.31. The van der Waals surface area contributed by atoms with Crippen molar-refractivity contribution in [3.05, 3.63) is 55.0 Å². The topological polar surface area (TPSA) is 0 Å². The molecular weight excluding hydrogens is 168 g/mol. The van der Waals surface area contributed by atoms with E-state index in [1.165, 1.54) is 12.8 Å². The van der Waals surface area contributed by atoms with Crippen LogP contribution in [0.1, 0.15) is 32.1 Å². The molecule has 0 bridgehead atoms. The zero-order valence-corrected chi connectivity index (χ0v) is 8.73.